The van der Waals surface area contributed by atoms with E-state index in [1.807, 2.05) is 36.4 Å². The largest absolute Gasteiger partial charge is 0.377 e. The van der Waals surface area contributed by atoms with Crippen molar-refractivity contribution in [3.05, 3.63) is 71.8 Å². The molecule has 0 saturated carbocycles. The molecule has 204 valence electrons. The van der Waals surface area contributed by atoms with Crippen LogP contribution in [0.4, 0.5) is 0 Å². The fourth-order valence-corrected chi connectivity index (χ4v) is 3.84. The average molecular weight is 519 g/mol. The molecule has 0 bridgehead atoms. The molecule has 1 aliphatic heterocycles. The van der Waals surface area contributed by atoms with E-state index >= 15 is 0 Å². The molecule has 0 spiro atoms. The van der Waals surface area contributed by atoms with Gasteiger partial charge in [0.1, 0.15) is 13.2 Å². The van der Waals surface area contributed by atoms with Crippen LogP contribution < -0.4 is 0 Å². The molecule has 1 aliphatic rings. The third kappa shape index (κ3) is 14.3. The summed E-state index contributed by atoms with van der Waals surface area (Å²) in [5.41, 5.74) is 2.40. The molecule has 0 aromatic heterocycles. The standard InChI is InChI=1S/C32H42N2O4/c1-3-13-31(14-4-1)29-37-27-11-25-35-23-9-7-17-33-19-21-34(22-20-33)18-8-10-24-36-26-12-28-38-30-32-15-5-2-6-16-32/h1-6,13-16H,11-12,17-30H2. The Kier molecular flexibility index (Phi) is 16.0. The van der Waals surface area contributed by atoms with Gasteiger partial charge in [0.15, 0.2) is 0 Å². The molecule has 6 nitrogen and oxygen atoms in total. The number of rotatable bonds is 16. The van der Waals surface area contributed by atoms with Gasteiger partial charge < -0.3 is 18.9 Å². The summed E-state index contributed by atoms with van der Waals surface area (Å²) in [6.07, 6.45) is 1.77. The lowest BCUT2D eigenvalue weighted by atomic mass is 10.2. The number of piperazine rings is 1. The summed E-state index contributed by atoms with van der Waals surface area (Å²) < 4.78 is 22.5. The summed E-state index contributed by atoms with van der Waals surface area (Å²) >= 11 is 0. The van der Waals surface area contributed by atoms with Crippen molar-refractivity contribution in [1.29, 1.82) is 0 Å². The lowest BCUT2D eigenvalue weighted by Crippen LogP contribution is -2.46. The van der Waals surface area contributed by atoms with E-state index in [1.165, 1.54) is 11.1 Å². The third-order valence-corrected chi connectivity index (χ3v) is 6.05. The molecule has 1 heterocycles. The summed E-state index contributed by atoms with van der Waals surface area (Å²) in [6.45, 7) is 10.7. The number of benzene rings is 2. The third-order valence-electron chi connectivity index (χ3n) is 6.05. The van der Waals surface area contributed by atoms with Gasteiger partial charge >= 0.3 is 0 Å². The minimum atomic E-state index is 0.483. The Labute approximate surface area is 229 Å². The van der Waals surface area contributed by atoms with E-state index in [9.17, 15) is 0 Å². The van der Waals surface area contributed by atoms with E-state index in [1.54, 1.807) is 0 Å². The highest BCUT2D eigenvalue weighted by atomic mass is 16.5. The van der Waals surface area contributed by atoms with Gasteiger partial charge in [-0.15, -0.1) is 0 Å². The van der Waals surface area contributed by atoms with Gasteiger partial charge in [-0.05, 0) is 24.0 Å². The van der Waals surface area contributed by atoms with Crippen molar-refractivity contribution in [3.63, 3.8) is 0 Å². The SMILES string of the molecule is C(#CCN1CCN(CC#CCOCCCOCc2ccccc2)CC1)COCCCOCc1ccccc1. The van der Waals surface area contributed by atoms with Crippen LogP contribution in [-0.2, 0) is 32.2 Å². The van der Waals surface area contributed by atoms with Crippen LogP contribution in [0, 0.1) is 23.7 Å². The monoisotopic (exact) mass is 518 g/mol. The molecule has 3 rings (SSSR count). The fourth-order valence-electron chi connectivity index (χ4n) is 3.84. The molecule has 0 radical (unpaired) electrons. The van der Waals surface area contributed by atoms with Crippen LogP contribution in [-0.4, -0.2) is 88.7 Å². The highest BCUT2D eigenvalue weighted by Crippen LogP contribution is 2.02. The van der Waals surface area contributed by atoms with Crippen LogP contribution >= 0.6 is 0 Å². The molecular weight excluding hydrogens is 476 g/mol. The second-order valence-electron chi connectivity index (χ2n) is 9.15. The minimum absolute atomic E-state index is 0.483. The molecule has 0 unspecified atom stereocenters. The lowest BCUT2D eigenvalue weighted by molar-refractivity contribution is 0.0856. The van der Waals surface area contributed by atoms with Crippen molar-refractivity contribution in [2.24, 2.45) is 0 Å². The molecule has 2 aromatic rings. The second-order valence-corrected chi connectivity index (χ2v) is 9.15. The van der Waals surface area contributed by atoms with Crippen LogP contribution in [0.2, 0.25) is 0 Å². The molecular formula is C32H42N2O4. The molecule has 0 N–H and O–H groups in total. The number of hydrogen-bond acceptors (Lipinski definition) is 6. The molecule has 1 saturated heterocycles. The zero-order chi connectivity index (χ0) is 26.4. The van der Waals surface area contributed by atoms with E-state index in [-0.39, 0.29) is 0 Å². The summed E-state index contributed by atoms with van der Waals surface area (Å²) in [5, 5.41) is 0. The minimum Gasteiger partial charge on any atom is -0.377 e. The van der Waals surface area contributed by atoms with Gasteiger partial charge in [-0.3, -0.25) is 9.80 Å². The Morgan fingerprint density at radius 2 is 0.895 bits per heavy atom. The molecule has 6 heteroatoms. The average Bonchev–Trinajstić information content (AvgIpc) is 2.97. The van der Waals surface area contributed by atoms with Crippen LogP contribution in [0.25, 0.3) is 0 Å². The Morgan fingerprint density at radius 3 is 1.32 bits per heavy atom. The summed E-state index contributed by atoms with van der Waals surface area (Å²) in [7, 11) is 0. The second kappa shape index (κ2) is 20.3. The van der Waals surface area contributed by atoms with Crippen molar-refractivity contribution >= 4 is 0 Å². The van der Waals surface area contributed by atoms with Gasteiger partial charge in [-0.25, -0.2) is 0 Å². The topological polar surface area (TPSA) is 43.4 Å². The highest BCUT2D eigenvalue weighted by Gasteiger charge is 2.14. The molecule has 38 heavy (non-hydrogen) atoms. The first-order chi connectivity index (χ1) is 18.9. The van der Waals surface area contributed by atoms with Gasteiger partial charge in [0.2, 0.25) is 0 Å². The Bertz CT molecular complexity index is 889. The van der Waals surface area contributed by atoms with Gasteiger partial charge in [-0.1, -0.05) is 84.3 Å². The van der Waals surface area contributed by atoms with E-state index in [0.717, 1.165) is 52.1 Å². The first kappa shape index (κ1) is 29.9. The molecule has 0 atom stereocenters. The van der Waals surface area contributed by atoms with Crippen molar-refractivity contribution in [3.8, 4) is 23.7 Å². The Hall–Kier alpha value is -2.68. The summed E-state index contributed by atoms with van der Waals surface area (Å²) in [4.78, 5) is 4.77. The van der Waals surface area contributed by atoms with Gasteiger partial charge in [0, 0.05) is 39.4 Å². The van der Waals surface area contributed by atoms with E-state index in [2.05, 4.69) is 57.7 Å². The predicted octanol–water partition coefficient (Wildman–Crippen LogP) is 3.86. The fraction of sp³-hybridized carbons (Fsp3) is 0.500. The normalized spacial score (nSPS) is 13.9. The maximum atomic E-state index is 5.66. The lowest BCUT2D eigenvalue weighted by Gasteiger charge is -2.32. The quantitative estimate of drug-likeness (QED) is 0.248. The van der Waals surface area contributed by atoms with Crippen molar-refractivity contribution in [1.82, 2.24) is 9.80 Å². The van der Waals surface area contributed by atoms with E-state index in [4.69, 9.17) is 18.9 Å². The van der Waals surface area contributed by atoms with Gasteiger partial charge in [0.05, 0.1) is 39.5 Å². The van der Waals surface area contributed by atoms with Crippen molar-refractivity contribution in [2.75, 3.05) is 78.9 Å². The molecule has 2 aromatic carbocycles. The smallest absolute Gasteiger partial charge is 0.107 e. The Morgan fingerprint density at radius 1 is 0.500 bits per heavy atom. The molecule has 0 aliphatic carbocycles. The number of hydrogen-bond donors (Lipinski definition) is 0. The molecule has 0 amide bonds. The maximum Gasteiger partial charge on any atom is 0.107 e. The van der Waals surface area contributed by atoms with E-state index in [0.29, 0.717) is 52.9 Å². The summed E-state index contributed by atoms with van der Waals surface area (Å²) in [5.74, 6) is 12.7. The predicted molar refractivity (Wildman–Crippen MR) is 151 cm³/mol. The maximum absolute atomic E-state index is 5.66. The van der Waals surface area contributed by atoms with Crippen molar-refractivity contribution < 1.29 is 18.9 Å². The number of ether oxygens (including phenoxy) is 4. The summed E-state index contributed by atoms with van der Waals surface area (Å²) in [6, 6.07) is 20.4. The van der Waals surface area contributed by atoms with Crippen LogP contribution in [0.5, 0.6) is 0 Å². The first-order valence-electron chi connectivity index (χ1n) is 13.6. The van der Waals surface area contributed by atoms with Crippen LogP contribution in [0.1, 0.15) is 24.0 Å². The zero-order valence-electron chi connectivity index (χ0n) is 22.6. The molecule has 1 fully saturated rings. The van der Waals surface area contributed by atoms with Crippen molar-refractivity contribution in [2.45, 2.75) is 26.1 Å². The van der Waals surface area contributed by atoms with Gasteiger partial charge in [0.25, 0.3) is 0 Å². The highest BCUT2D eigenvalue weighted by molar-refractivity contribution is 5.14. The zero-order valence-corrected chi connectivity index (χ0v) is 22.6. The van der Waals surface area contributed by atoms with Crippen LogP contribution in [0.3, 0.4) is 0 Å². The number of nitrogens with zero attached hydrogens (tertiary/aromatic N) is 2. The van der Waals surface area contributed by atoms with Crippen LogP contribution in [0.15, 0.2) is 60.7 Å². The van der Waals surface area contributed by atoms with E-state index < -0.39 is 0 Å². The Balaban J connectivity index is 1.08. The van der Waals surface area contributed by atoms with Gasteiger partial charge in [-0.2, -0.15) is 0 Å². The first-order valence-corrected chi connectivity index (χ1v) is 13.6.